The summed E-state index contributed by atoms with van der Waals surface area (Å²) in [4.78, 5) is 0. The molecule has 0 aliphatic heterocycles. The zero-order chi connectivity index (χ0) is 16.4. The van der Waals surface area contributed by atoms with Gasteiger partial charge in [-0.2, -0.15) is 5.26 Å². The van der Waals surface area contributed by atoms with Crippen molar-refractivity contribution in [1.29, 1.82) is 5.26 Å². The highest BCUT2D eigenvalue weighted by molar-refractivity contribution is 5.48. The highest BCUT2D eigenvalue weighted by Crippen LogP contribution is 2.55. The van der Waals surface area contributed by atoms with E-state index in [2.05, 4.69) is 33.8 Å². The monoisotopic (exact) mass is 287 g/mol. The molecule has 0 atom stereocenters. The van der Waals surface area contributed by atoms with Gasteiger partial charge in [0.05, 0.1) is 11.6 Å². The summed E-state index contributed by atoms with van der Waals surface area (Å²) in [6, 6.07) is 6.21. The lowest BCUT2D eigenvalue weighted by molar-refractivity contribution is -0.133. The second kappa shape index (κ2) is 6.10. The minimum absolute atomic E-state index is 0.221. The second-order valence-corrected chi connectivity index (χ2v) is 7.20. The van der Waals surface area contributed by atoms with Crippen LogP contribution in [-0.2, 0) is 0 Å². The maximum absolute atomic E-state index is 9.10. The Morgan fingerprint density at radius 3 is 1.81 bits per heavy atom. The molecule has 1 aliphatic carbocycles. The lowest BCUT2D eigenvalue weighted by Gasteiger charge is -2.56. The molecule has 116 valence electrons. The van der Waals surface area contributed by atoms with Gasteiger partial charge in [0.2, 0.25) is 0 Å². The Balaban J connectivity index is 0.00000106. The average molecular weight is 287 g/mol. The molecule has 0 radical (unpaired) electrons. The van der Waals surface area contributed by atoms with Crippen LogP contribution in [0.25, 0.3) is 0 Å². The zero-order valence-corrected chi connectivity index (χ0v) is 14.8. The number of rotatable bonds is 2. The first kappa shape index (κ1) is 17.6. The molecule has 2 rings (SSSR count). The molecule has 1 aliphatic rings. The molecule has 0 aromatic heterocycles. The quantitative estimate of drug-likeness (QED) is 0.729. The molecule has 1 fully saturated rings. The Morgan fingerprint density at radius 1 is 1.05 bits per heavy atom. The molecule has 2 nitrogen and oxygen atoms in total. The molecule has 0 saturated heterocycles. The van der Waals surface area contributed by atoms with E-state index in [0.29, 0.717) is 0 Å². The minimum atomic E-state index is 0.221. The highest BCUT2D eigenvalue weighted by Gasteiger charge is 2.54. The van der Waals surface area contributed by atoms with E-state index in [1.165, 1.54) is 6.42 Å². The largest absolute Gasteiger partial charge is 0.489 e. The fourth-order valence-corrected chi connectivity index (χ4v) is 3.91. The van der Waals surface area contributed by atoms with Crippen LogP contribution in [0.3, 0.4) is 0 Å². The molecular formula is C19H29NO. The van der Waals surface area contributed by atoms with Gasteiger partial charge < -0.3 is 4.74 Å². The predicted octanol–water partition coefficient (Wildman–Crippen LogP) is 5.40. The van der Waals surface area contributed by atoms with E-state index in [1.807, 2.05) is 39.8 Å². The SMILES string of the molecule is CC.Cc1cc(OC2C(C)(C)CC2(C)C)cc(C)c1C#N. The van der Waals surface area contributed by atoms with Gasteiger partial charge in [-0.3, -0.25) is 0 Å². The van der Waals surface area contributed by atoms with E-state index in [9.17, 15) is 0 Å². The standard InChI is InChI=1S/C17H23NO.C2H6/c1-11-7-13(8-12(2)14(11)9-18)19-15-16(3,4)10-17(15,5)6;1-2/h7-8,15H,10H2,1-6H3;1-2H3. The molecule has 0 unspecified atom stereocenters. The van der Waals surface area contributed by atoms with Crippen LogP contribution in [0.2, 0.25) is 0 Å². The van der Waals surface area contributed by atoms with Crippen LogP contribution in [0, 0.1) is 36.0 Å². The van der Waals surface area contributed by atoms with Crippen molar-refractivity contribution in [2.45, 2.75) is 67.9 Å². The summed E-state index contributed by atoms with van der Waals surface area (Å²) in [6.07, 6.45) is 1.41. The fraction of sp³-hybridized carbons (Fsp3) is 0.632. The number of hydrogen-bond donors (Lipinski definition) is 0. The van der Waals surface area contributed by atoms with Crippen molar-refractivity contribution in [3.63, 3.8) is 0 Å². The molecule has 2 heteroatoms. The van der Waals surface area contributed by atoms with E-state index in [1.54, 1.807) is 0 Å². The van der Waals surface area contributed by atoms with Gasteiger partial charge in [-0.1, -0.05) is 41.5 Å². The Labute approximate surface area is 130 Å². The number of nitriles is 1. The maximum atomic E-state index is 9.10. The van der Waals surface area contributed by atoms with Gasteiger partial charge in [0.15, 0.2) is 0 Å². The van der Waals surface area contributed by atoms with Crippen LogP contribution in [0.15, 0.2) is 12.1 Å². The molecule has 21 heavy (non-hydrogen) atoms. The van der Waals surface area contributed by atoms with Gasteiger partial charge >= 0.3 is 0 Å². The van der Waals surface area contributed by atoms with Crippen LogP contribution in [-0.4, -0.2) is 6.10 Å². The Kier molecular flexibility index (Phi) is 5.10. The fourth-order valence-electron chi connectivity index (χ4n) is 3.91. The number of ether oxygens (including phenoxy) is 1. The van der Waals surface area contributed by atoms with Crippen molar-refractivity contribution < 1.29 is 4.74 Å². The van der Waals surface area contributed by atoms with Gasteiger partial charge in [-0.15, -0.1) is 0 Å². The molecular weight excluding hydrogens is 258 g/mol. The first-order valence-electron chi connectivity index (χ1n) is 7.85. The Bertz CT molecular complexity index is 512. The summed E-state index contributed by atoms with van der Waals surface area (Å²) in [5, 5.41) is 9.10. The summed E-state index contributed by atoms with van der Waals surface area (Å²) in [7, 11) is 0. The zero-order valence-electron chi connectivity index (χ0n) is 14.8. The third kappa shape index (κ3) is 3.40. The smallest absolute Gasteiger partial charge is 0.120 e. The third-order valence-corrected chi connectivity index (χ3v) is 4.20. The van der Waals surface area contributed by atoms with Crippen LogP contribution in [0.1, 0.15) is 64.7 Å². The normalized spacial score (nSPS) is 18.8. The Hall–Kier alpha value is -1.49. The molecule has 1 aromatic carbocycles. The average Bonchev–Trinajstić information content (AvgIpc) is 2.37. The summed E-state index contributed by atoms with van der Waals surface area (Å²) >= 11 is 0. The lowest BCUT2D eigenvalue weighted by Crippen LogP contribution is -2.58. The van der Waals surface area contributed by atoms with Crippen molar-refractivity contribution in [3.05, 3.63) is 28.8 Å². The van der Waals surface area contributed by atoms with Crippen molar-refractivity contribution in [1.82, 2.24) is 0 Å². The van der Waals surface area contributed by atoms with Crippen molar-refractivity contribution in [2.24, 2.45) is 10.8 Å². The van der Waals surface area contributed by atoms with Crippen LogP contribution < -0.4 is 4.74 Å². The van der Waals surface area contributed by atoms with E-state index >= 15 is 0 Å². The maximum Gasteiger partial charge on any atom is 0.120 e. The van der Waals surface area contributed by atoms with E-state index in [4.69, 9.17) is 10.00 Å². The number of benzene rings is 1. The Morgan fingerprint density at radius 2 is 1.48 bits per heavy atom. The first-order valence-corrected chi connectivity index (χ1v) is 7.85. The van der Waals surface area contributed by atoms with Gasteiger partial charge in [-0.25, -0.2) is 0 Å². The number of aryl methyl sites for hydroxylation is 2. The topological polar surface area (TPSA) is 33.0 Å². The molecule has 0 spiro atoms. The minimum Gasteiger partial charge on any atom is -0.489 e. The molecule has 0 heterocycles. The molecule has 0 bridgehead atoms. The summed E-state index contributed by atoms with van der Waals surface area (Å²) < 4.78 is 6.23. The van der Waals surface area contributed by atoms with Gasteiger partial charge in [-0.05, 0) is 43.5 Å². The van der Waals surface area contributed by atoms with Gasteiger partial charge in [0.25, 0.3) is 0 Å². The summed E-state index contributed by atoms with van der Waals surface area (Å²) in [6.45, 7) is 17.0. The number of nitrogens with zero attached hydrogens (tertiary/aromatic N) is 1. The van der Waals surface area contributed by atoms with E-state index in [0.717, 1.165) is 22.4 Å². The molecule has 0 N–H and O–H groups in total. The lowest BCUT2D eigenvalue weighted by atomic mass is 9.53. The van der Waals surface area contributed by atoms with Gasteiger partial charge in [0.1, 0.15) is 11.9 Å². The molecule has 0 amide bonds. The van der Waals surface area contributed by atoms with E-state index in [-0.39, 0.29) is 16.9 Å². The number of hydrogen-bond acceptors (Lipinski definition) is 2. The second-order valence-electron chi connectivity index (χ2n) is 7.20. The molecule has 1 saturated carbocycles. The van der Waals surface area contributed by atoms with Crippen molar-refractivity contribution in [3.8, 4) is 11.8 Å². The van der Waals surface area contributed by atoms with Crippen LogP contribution in [0.4, 0.5) is 0 Å². The summed E-state index contributed by atoms with van der Waals surface area (Å²) in [5.41, 5.74) is 3.19. The molecule has 1 aromatic rings. The van der Waals surface area contributed by atoms with Gasteiger partial charge in [0, 0.05) is 10.8 Å². The predicted molar refractivity (Wildman–Crippen MR) is 88.6 cm³/mol. The van der Waals surface area contributed by atoms with Crippen LogP contribution in [0.5, 0.6) is 5.75 Å². The summed E-state index contributed by atoms with van der Waals surface area (Å²) in [5.74, 6) is 0.889. The third-order valence-electron chi connectivity index (χ3n) is 4.20. The first-order chi connectivity index (χ1) is 9.67. The van der Waals surface area contributed by atoms with Crippen molar-refractivity contribution >= 4 is 0 Å². The van der Waals surface area contributed by atoms with Crippen molar-refractivity contribution in [2.75, 3.05) is 0 Å². The van der Waals surface area contributed by atoms with Crippen LogP contribution >= 0.6 is 0 Å². The highest BCUT2D eigenvalue weighted by atomic mass is 16.5. The van der Waals surface area contributed by atoms with E-state index < -0.39 is 0 Å².